The fraction of sp³-hybridized carbons (Fsp3) is 0.556. The van der Waals surface area contributed by atoms with Gasteiger partial charge in [0.2, 0.25) is 18.5 Å². The Bertz CT molecular complexity index is 296. The van der Waals surface area contributed by atoms with Crippen LogP contribution in [0.15, 0.2) is 0 Å². The summed E-state index contributed by atoms with van der Waals surface area (Å²) < 4.78 is 13.2. The molecule has 0 spiro atoms. The van der Waals surface area contributed by atoms with Crippen molar-refractivity contribution in [1.29, 1.82) is 0 Å². The van der Waals surface area contributed by atoms with Crippen LogP contribution in [0.25, 0.3) is 0 Å². The Morgan fingerprint density at radius 1 is 1.06 bits per heavy atom. The van der Waals surface area contributed by atoms with E-state index in [9.17, 15) is 19.2 Å². The summed E-state index contributed by atoms with van der Waals surface area (Å²) in [5, 5.41) is 0. The molecule has 0 aromatic heterocycles. The first-order chi connectivity index (χ1) is 7.42. The molecule has 16 heavy (non-hydrogen) atoms. The van der Waals surface area contributed by atoms with Gasteiger partial charge in [-0.25, -0.2) is 4.79 Å². The van der Waals surface area contributed by atoms with Gasteiger partial charge in [-0.1, -0.05) is 0 Å². The van der Waals surface area contributed by atoms with E-state index in [-0.39, 0.29) is 0 Å². The van der Waals surface area contributed by atoms with E-state index in [1.54, 1.807) is 0 Å². The average Bonchev–Trinajstić information content (AvgIpc) is 2.21. The predicted molar refractivity (Wildman–Crippen MR) is 48.8 cm³/mol. The maximum atomic E-state index is 11.2. The number of rotatable bonds is 5. The fourth-order valence-electron chi connectivity index (χ4n) is 0.855. The molecule has 0 saturated heterocycles. The molecule has 0 heterocycles. The number of methoxy groups -OCH3 is 1. The monoisotopic (exact) mass is 231 g/mol. The van der Waals surface area contributed by atoms with Crippen LogP contribution >= 0.6 is 0 Å². The zero-order chi connectivity index (χ0) is 12.7. The van der Waals surface area contributed by atoms with Gasteiger partial charge < -0.3 is 14.2 Å². The van der Waals surface area contributed by atoms with Gasteiger partial charge in [0.05, 0.1) is 7.11 Å². The average molecular weight is 231 g/mol. The molecular formula is C9H11O7. The second kappa shape index (κ2) is 6.54. The number of hydrogen-bond donors (Lipinski definition) is 0. The van der Waals surface area contributed by atoms with Gasteiger partial charge in [-0.05, 0) is 0 Å². The fourth-order valence-corrected chi connectivity index (χ4v) is 0.855. The molecule has 0 N–H and O–H groups in total. The van der Waals surface area contributed by atoms with E-state index in [1.807, 2.05) is 0 Å². The predicted octanol–water partition coefficient (Wildman–Crippen LogP) is -0.868. The normalized spacial score (nSPS) is 13.2. The summed E-state index contributed by atoms with van der Waals surface area (Å²) in [5.41, 5.74) is 0. The van der Waals surface area contributed by atoms with E-state index in [2.05, 4.69) is 14.2 Å². The van der Waals surface area contributed by atoms with Gasteiger partial charge in [0.25, 0.3) is 0 Å². The molecule has 0 aromatic carbocycles. The van der Waals surface area contributed by atoms with Crippen molar-refractivity contribution in [3.63, 3.8) is 0 Å². The number of carbonyl (C=O) groups excluding carboxylic acids is 4. The van der Waals surface area contributed by atoms with E-state index in [4.69, 9.17) is 0 Å². The van der Waals surface area contributed by atoms with Crippen molar-refractivity contribution in [3.8, 4) is 0 Å². The molecule has 0 aromatic rings. The molecule has 2 atom stereocenters. The molecule has 0 bridgehead atoms. The summed E-state index contributed by atoms with van der Waals surface area (Å²) in [5.74, 6) is -2.64. The Balaban J connectivity index is 4.81. The van der Waals surface area contributed by atoms with Crippen LogP contribution in [-0.4, -0.2) is 43.5 Å². The molecule has 2 unspecified atom stereocenters. The maximum absolute atomic E-state index is 11.2. The van der Waals surface area contributed by atoms with Crippen molar-refractivity contribution in [1.82, 2.24) is 0 Å². The first kappa shape index (κ1) is 14.1. The first-order valence-corrected chi connectivity index (χ1v) is 4.22. The minimum Gasteiger partial charge on any atom is -0.466 e. The number of esters is 3. The standard InChI is InChI=1S/C9H11O7/c1-5(11)15-7(4-10)8(9(13)14-3)16-6(2)12/h7-8H,1-3H3. The van der Waals surface area contributed by atoms with Gasteiger partial charge in [0, 0.05) is 13.8 Å². The largest absolute Gasteiger partial charge is 0.466 e. The minimum atomic E-state index is -1.64. The van der Waals surface area contributed by atoms with Gasteiger partial charge in [-0.2, -0.15) is 0 Å². The van der Waals surface area contributed by atoms with Crippen LogP contribution < -0.4 is 0 Å². The van der Waals surface area contributed by atoms with Gasteiger partial charge in [-0.15, -0.1) is 0 Å². The summed E-state index contributed by atoms with van der Waals surface area (Å²) in [6.07, 6.45) is -1.98. The SMILES string of the molecule is COC(=O)C(OC(C)=O)C([C]=O)OC(C)=O. The Kier molecular flexibility index (Phi) is 5.76. The third-order valence-electron chi connectivity index (χ3n) is 1.41. The highest BCUT2D eigenvalue weighted by atomic mass is 16.6. The van der Waals surface area contributed by atoms with Crippen molar-refractivity contribution in [3.05, 3.63) is 0 Å². The van der Waals surface area contributed by atoms with E-state index >= 15 is 0 Å². The highest BCUT2D eigenvalue weighted by Crippen LogP contribution is 2.06. The topological polar surface area (TPSA) is 96.0 Å². The van der Waals surface area contributed by atoms with E-state index in [0.29, 0.717) is 0 Å². The molecule has 89 valence electrons. The molecule has 7 heteroatoms. The molecule has 0 aliphatic rings. The third kappa shape index (κ3) is 4.54. The molecule has 0 fully saturated rings. The number of ether oxygens (including phenoxy) is 3. The summed E-state index contributed by atoms with van der Waals surface area (Å²) in [7, 11) is 1.04. The highest BCUT2D eigenvalue weighted by molar-refractivity contribution is 5.84. The van der Waals surface area contributed by atoms with Crippen LogP contribution in [0, 0.1) is 0 Å². The molecule has 0 saturated carbocycles. The highest BCUT2D eigenvalue weighted by Gasteiger charge is 2.35. The van der Waals surface area contributed by atoms with Crippen LogP contribution in [0.2, 0.25) is 0 Å². The second-order valence-corrected chi connectivity index (χ2v) is 2.70. The maximum Gasteiger partial charge on any atom is 0.351 e. The molecule has 7 nitrogen and oxygen atoms in total. The van der Waals surface area contributed by atoms with Crippen molar-refractivity contribution in [2.24, 2.45) is 0 Å². The molecule has 0 amide bonds. The van der Waals surface area contributed by atoms with Gasteiger partial charge in [0.15, 0.2) is 0 Å². The van der Waals surface area contributed by atoms with Crippen molar-refractivity contribution >= 4 is 24.2 Å². The summed E-state index contributed by atoms with van der Waals surface area (Å²) in [6.45, 7) is 2.07. The zero-order valence-electron chi connectivity index (χ0n) is 9.01. The Hall–Kier alpha value is -1.92. The van der Waals surface area contributed by atoms with Gasteiger partial charge in [-0.3, -0.25) is 14.4 Å². The lowest BCUT2D eigenvalue weighted by atomic mass is 10.2. The van der Waals surface area contributed by atoms with Crippen LogP contribution in [0.4, 0.5) is 0 Å². The van der Waals surface area contributed by atoms with Gasteiger partial charge >= 0.3 is 17.9 Å². The van der Waals surface area contributed by atoms with Crippen molar-refractivity contribution in [2.45, 2.75) is 26.1 Å². The van der Waals surface area contributed by atoms with Crippen LogP contribution in [-0.2, 0) is 33.4 Å². The van der Waals surface area contributed by atoms with E-state index < -0.39 is 30.1 Å². The molecular weight excluding hydrogens is 220 g/mol. The Labute approximate surface area is 91.6 Å². The molecule has 0 rings (SSSR count). The number of hydrogen-bond acceptors (Lipinski definition) is 7. The smallest absolute Gasteiger partial charge is 0.351 e. The third-order valence-corrected chi connectivity index (χ3v) is 1.41. The molecule has 1 radical (unpaired) electrons. The Morgan fingerprint density at radius 2 is 1.56 bits per heavy atom. The van der Waals surface area contributed by atoms with E-state index in [0.717, 1.165) is 21.0 Å². The lowest BCUT2D eigenvalue weighted by Gasteiger charge is -2.19. The van der Waals surface area contributed by atoms with E-state index in [1.165, 1.54) is 6.29 Å². The molecule has 0 aliphatic carbocycles. The quantitative estimate of drug-likeness (QED) is 0.448. The Morgan fingerprint density at radius 3 is 1.88 bits per heavy atom. The van der Waals surface area contributed by atoms with Crippen LogP contribution in [0.3, 0.4) is 0 Å². The molecule has 0 aliphatic heterocycles. The van der Waals surface area contributed by atoms with Crippen molar-refractivity contribution in [2.75, 3.05) is 7.11 Å². The second-order valence-electron chi connectivity index (χ2n) is 2.70. The summed E-state index contributed by atoms with van der Waals surface area (Å²) in [4.78, 5) is 42.9. The lowest BCUT2D eigenvalue weighted by molar-refractivity contribution is -0.174. The summed E-state index contributed by atoms with van der Waals surface area (Å²) in [6, 6.07) is 0. The van der Waals surface area contributed by atoms with Gasteiger partial charge in [0.1, 0.15) is 0 Å². The van der Waals surface area contributed by atoms with Crippen LogP contribution in [0.5, 0.6) is 0 Å². The first-order valence-electron chi connectivity index (χ1n) is 4.22. The minimum absolute atomic E-state index is 0.811. The zero-order valence-corrected chi connectivity index (χ0v) is 9.01. The van der Waals surface area contributed by atoms with Crippen molar-refractivity contribution < 1.29 is 33.4 Å². The number of carbonyl (C=O) groups is 3. The van der Waals surface area contributed by atoms with Crippen LogP contribution in [0.1, 0.15) is 13.8 Å². The lowest BCUT2D eigenvalue weighted by Crippen LogP contribution is -2.42. The summed E-state index contributed by atoms with van der Waals surface area (Å²) >= 11 is 0.